The molecule has 3 aromatic rings. The van der Waals surface area contributed by atoms with Gasteiger partial charge in [-0.05, 0) is 61.2 Å². The number of rotatable bonds is 10. The highest BCUT2D eigenvalue weighted by molar-refractivity contribution is 5.67. The fraction of sp³-hybridized carbons (Fsp3) is 0.360. The van der Waals surface area contributed by atoms with Crippen LogP contribution in [0.3, 0.4) is 0 Å². The van der Waals surface area contributed by atoms with Crippen molar-refractivity contribution in [1.29, 1.82) is 0 Å². The van der Waals surface area contributed by atoms with Gasteiger partial charge < -0.3 is 15.2 Å². The summed E-state index contributed by atoms with van der Waals surface area (Å²) >= 11 is 0. The normalized spacial score (nSPS) is 12.4. The number of halogens is 3. The van der Waals surface area contributed by atoms with Crippen LogP contribution in [0, 0.1) is 13.8 Å². The van der Waals surface area contributed by atoms with Crippen LogP contribution < -0.4 is 10.1 Å². The summed E-state index contributed by atoms with van der Waals surface area (Å²) in [5.74, 6) is -0.227. The zero-order chi connectivity index (χ0) is 24.9. The van der Waals surface area contributed by atoms with E-state index >= 15 is 0 Å². The number of nitrogens with one attached hydrogen (secondary N) is 1. The van der Waals surface area contributed by atoms with E-state index in [0.717, 1.165) is 47.6 Å². The van der Waals surface area contributed by atoms with E-state index in [4.69, 9.17) is 9.84 Å². The molecule has 1 aromatic heterocycles. The van der Waals surface area contributed by atoms with Gasteiger partial charge in [-0.15, -0.1) is 0 Å². The molecule has 0 aliphatic carbocycles. The van der Waals surface area contributed by atoms with E-state index in [0.29, 0.717) is 18.0 Å². The van der Waals surface area contributed by atoms with E-state index in [2.05, 4.69) is 17.3 Å². The minimum atomic E-state index is -4.45. The monoisotopic (exact) mass is 475 g/mol. The molecule has 1 atom stereocenters. The SMILES string of the molecule is CCCC(Oc1cc(C)c(-n2cc(C(F)(F)F)cn2)c(C)c1)c1ccc(NCCC(=O)O)cc1. The second-order valence-corrected chi connectivity index (χ2v) is 8.16. The molecular weight excluding hydrogens is 447 g/mol. The number of anilines is 1. The number of carbonyl (C=O) groups is 1. The van der Waals surface area contributed by atoms with E-state index in [1.165, 1.54) is 4.68 Å². The van der Waals surface area contributed by atoms with Gasteiger partial charge >= 0.3 is 12.1 Å². The van der Waals surface area contributed by atoms with E-state index in [-0.39, 0.29) is 12.5 Å². The molecule has 1 heterocycles. The Morgan fingerprint density at radius 1 is 1.18 bits per heavy atom. The first-order valence-electron chi connectivity index (χ1n) is 11.0. The van der Waals surface area contributed by atoms with Gasteiger partial charge in [0.25, 0.3) is 0 Å². The molecule has 3 rings (SSSR count). The average molecular weight is 476 g/mol. The van der Waals surface area contributed by atoms with Crippen LogP contribution in [0.2, 0.25) is 0 Å². The highest BCUT2D eigenvalue weighted by Crippen LogP contribution is 2.33. The van der Waals surface area contributed by atoms with Gasteiger partial charge in [-0.1, -0.05) is 25.5 Å². The Kier molecular flexibility index (Phi) is 7.86. The first-order chi connectivity index (χ1) is 16.1. The number of hydrogen-bond donors (Lipinski definition) is 2. The lowest BCUT2D eigenvalue weighted by Crippen LogP contribution is -2.10. The number of carboxylic acids is 1. The number of nitrogens with zero attached hydrogens (tertiary/aromatic N) is 2. The van der Waals surface area contributed by atoms with Crippen LogP contribution in [0.1, 0.15) is 54.5 Å². The number of aliphatic carboxylic acids is 1. The average Bonchev–Trinajstić information content (AvgIpc) is 3.23. The number of aromatic nitrogens is 2. The molecule has 34 heavy (non-hydrogen) atoms. The predicted octanol–water partition coefficient (Wildman–Crippen LogP) is 6.31. The Hall–Kier alpha value is -3.49. The van der Waals surface area contributed by atoms with Crippen molar-refractivity contribution in [3.8, 4) is 11.4 Å². The van der Waals surface area contributed by atoms with Gasteiger partial charge in [0, 0.05) is 18.4 Å². The summed E-state index contributed by atoms with van der Waals surface area (Å²) in [5, 5.41) is 15.7. The molecule has 0 radical (unpaired) electrons. The smallest absolute Gasteiger partial charge is 0.419 e. The van der Waals surface area contributed by atoms with E-state index in [1.54, 1.807) is 0 Å². The molecule has 2 N–H and O–H groups in total. The van der Waals surface area contributed by atoms with Gasteiger partial charge in [-0.3, -0.25) is 4.79 Å². The standard InChI is InChI=1S/C25H28F3N3O3/c1-4-5-22(18-6-8-20(9-7-18)29-11-10-23(32)33)34-21-12-16(2)24(17(3)13-21)31-15-19(14-30-31)25(26,27)28/h6-9,12-15,22,29H,4-5,10-11H2,1-3H3,(H,32,33). The quantitative estimate of drug-likeness (QED) is 0.359. The third-order valence-corrected chi connectivity index (χ3v) is 5.38. The molecule has 6 nitrogen and oxygen atoms in total. The maximum Gasteiger partial charge on any atom is 0.419 e. The fourth-order valence-electron chi connectivity index (χ4n) is 3.79. The topological polar surface area (TPSA) is 76.4 Å². The van der Waals surface area contributed by atoms with Crippen molar-refractivity contribution < 1.29 is 27.8 Å². The van der Waals surface area contributed by atoms with Gasteiger partial charge in [0.15, 0.2) is 0 Å². The van der Waals surface area contributed by atoms with Crippen LogP contribution >= 0.6 is 0 Å². The lowest BCUT2D eigenvalue weighted by atomic mass is 10.0. The third kappa shape index (κ3) is 6.30. The van der Waals surface area contributed by atoms with Crippen molar-refractivity contribution in [3.63, 3.8) is 0 Å². The van der Waals surface area contributed by atoms with Crippen molar-refractivity contribution in [2.24, 2.45) is 0 Å². The van der Waals surface area contributed by atoms with Crippen molar-refractivity contribution in [3.05, 3.63) is 71.0 Å². The molecule has 182 valence electrons. The summed E-state index contributed by atoms with van der Waals surface area (Å²) in [7, 11) is 0. The lowest BCUT2D eigenvalue weighted by molar-refractivity contribution is -0.138. The molecular formula is C25H28F3N3O3. The number of hydrogen-bond acceptors (Lipinski definition) is 4. The summed E-state index contributed by atoms with van der Waals surface area (Å²) in [5.41, 5.74) is 3.10. The van der Waals surface area contributed by atoms with E-state index < -0.39 is 17.7 Å². The molecule has 9 heteroatoms. The Bertz CT molecular complexity index is 1100. The van der Waals surface area contributed by atoms with Crippen LogP contribution in [0.25, 0.3) is 5.69 Å². The molecule has 0 aliphatic rings. The van der Waals surface area contributed by atoms with E-state index in [1.807, 2.05) is 50.2 Å². The third-order valence-electron chi connectivity index (χ3n) is 5.38. The summed E-state index contributed by atoms with van der Waals surface area (Å²) in [4.78, 5) is 10.7. The highest BCUT2D eigenvalue weighted by Gasteiger charge is 2.32. The number of benzene rings is 2. The summed E-state index contributed by atoms with van der Waals surface area (Å²) in [6.45, 7) is 6.04. The molecule has 2 aromatic carbocycles. The number of alkyl halides is 3. The number of carboxylic acid groups (broad SMARTS) is 1. The summed E-state index contributed by atoms with van der Waals surface area (Å²) < 4.78 is 46.5. The highest BCUT2D eigenvalue weighted by atomic mass is 19.4. The first-order valence-corrected chi connectivity index (χ1v) is 11.0. The molecule has 0 aliphatic heterocycles. The van der Waals surface area contributed by atoms with Crippen LogP contribution in [0.5, 0.6) is 5.75 Å². The molecule has 0 fully saturated rings. The minimum Gasteiger partial charge on any atom is -0.486 e. The van der Waals surface area contributed by atoms with Gasteiger partial charge in [-0.25, -0.2) is 4.68 Å². The number of aryl methyl sites for hydroxylation is 2. The predicted molar refractivity (Wildman–Crippen MR) is 124 cm³/mol. The largest absolute Gasteiger partial charge is 0.486 e. The Morgan fingerprint density at radius 2 is 1.82 bits per heavy atom. The zero-order valence-corrected chi connectivity index (χ0v) is 19.3. The van der Waals surface area contributed by atoms with Gasteiger partial charge in [0.2, 0.25) is 0 Å². The first kappa shape index (κ1) is 25.1. The molecule has 1 unspecified atom stereocenters. The summed E-state index contributed by atoms with van der Waals surface area (Å²) in [6, 6.07) is 11.3. The molecule has 0 saturated carbocycles. The van der Waals surface area contributed by atoms with Gasteiger partial charge in [0.1, 0.15) is 11.9 Å². The Balaban J connectivity index is 1.78. The lowest BCUT2D eigenvalue weighted by Gasteiger charge is -2.21. The molecule has 0 amide bonds. The second-order valence-electron chi connectivity index (χ2n) is 8.16. The van der Waals surface area contributed by atoms with Gasteiger partial charge in [-0.2, -0.15) is 18.3 Å². The fourth-order valence-corrected chi connectivity index (χ4v) is 3.79. The minimum absolute atomic E-state index is 0.0358. The second kappa shape index (κ2) is 10.6. The van der Waals surface area contributed by atoms with Gasteiger partial charge in [0.05, 0.1) is 23.9 Å². The maximum atomic E-state index is 13.0. The summed E-state index contributed by atoms with van der Waals surface area (Å²) in [6.07, 6.45) is -1.13. The van der Waals surface area contributed by atoms with Crippen molar-refractivity contribution in [1.82, 2.24) is 9.78 Å². The Labute approximate surface area is 196 Å². The molecule has 0 bridgehead atoms. The van der Waals surface area contributed by atoms with Crippen molar-refractivity contribution in [2.45, 2.75) is 52.3 Å². The molecule has 0 spiro atoms. The van der Waals surface area contributed by atoms with Crippen molar-refractivity contribution >= 4 is 11.7 Å². The Morgan fingerprint density at radius 3 is 2.35 bits per heavy atom. The van der Waals surface area contributed by atoms with E-state index in [9.17, 15) is 18.0 Å². The zero-order valence-electron chi connectivity index (χ0n) is 19.3. The maximum absolute atomic E-state index is 13.0. The molecule has 0 saturated heterocycles. The van der Waals surface area contributed by atoms with Crippen LogP contribution in [-0.4, -0.2) is 27.4 Å². The van der Waals surface area contributed by atoms with Crippen LogP contribution in [-0.2, 0) is 11.0 Å². The van der Waals surface area contributed by atoms with Crippen molar-refractivity contribution in [2.75, 3.05) is 11.9 Å². The van der Waals surface area contributed by atoms with Crippen LogP contribution in [0.15, 0.2) is 48.8 Å². The van der Waals surface area contributed by atoms with Crippen LogP contribution in [0.4, 0.5) is 18.9 Å². The number of ether oxygens (including phenoxy) is 1.